The summed E-state index contributed by atoms with van der Waals surface area (Å²) in [5.41, 5.74) is 0.779. The number of carbonyl (C=O) groups excluding carboxylic acids is 1. The molecule has 0 unspecified atom stereocenters. The van der Waals surface area contributed by atoms with Crippen molar-refractivity contribution in [3.63, 3.8) is 0 Å². The van der Waals surface area contributed by atoms with Crippen LogP contribution in [0.3, 0.4) is 0 Å². The minimum absolute atomic E-state index is 0.0645. The Hall–Kier alpha value is -1.34. The van der Waals surface area contributed by atoms with E-state index >= 15 is 0 Å². The average Bonchev–Trinajstić information content (AvgIpc) is 2.75. The maximum Gasteiger partial charge on any atom is 0.234 e. The summed E-state index contributed by atoms with van der Waals surface area (Å²) in [5, 5.41) is 11.2. The average molecular weight is 327 g/mol. The highest BCUT2D eigenvalue weighted by Gasteiger charge is 2.07. The van der Waals surface area contributed by atoms with Crippen molar-refractivity contribution in [3.05, 3.63) is 35.1 Å². The van der Waals surface area contributed by atoms with Gasteiger partial charge in [0.2, 0.25) is 5.91 Å². The summed E-state index contributed by atoms with van der Waals surface area (Å²) in [7, 11) is 1.84. The third-order valence-corrected chi connectivity index (χ3v) is 3.69. The van der Waals surface area contributed by atoms with Crippen molar-refractivity contribution >= 4 is 39.3 Å². The van der Waals surface area contributed by atoms with Crippen LogP contribution in [0, 0.1) is 0 Å². The minimum Gasteiger partial charge on any atom is -0.325 e. The summed E-state index contributed by atoms with van der Waals surface area (Å²) in [4.78, 5) is 11.7. The van der Waals surface area contributed by atoms with E-state index in [1.54, 1.807) is 10.9 Å². The van der Waals surface area contributed by atoms with Crippen LogP contribution in [0.15, 0.2) is 40.2 Å². The number of aromatic nitrogens is 3. The van der Waals surface area contributed by atoms with Crippen molar-refractivity contribution in [3.8, 4) is 0 Å². The molecular weight excluding hydrogens is 316 g/mol. The van der Waals surface area contributed by atoms with Gasteiger partial charge < -0.3 is 9.88 Å². The number of hydrogen-bond acceptors (Lipinski definition) is 4. The largest absolute Gasteiger partial charge is 0.325 e. The molecule has 0 aliphatic carbocycles. The normalized spacial score (nSPS) is 10.3. The Morgan fingerprint density at radius 2 is 2.17 bits per heavy atom. The van der Waals surface area contributed by atoms with Gasteiger partial charge in [-0.3, -0.25) is 4.79 Å². The van der Waals surface area contributed by atoms with E-state index < -0.39 is 0 Å². The monoisotopic (exact) mass is 326 g/mol. The highest BCUT2D eigenvalue weighted by molar-refractivity contribution is 9.10. The van der Waals surface area contributed by atoms with Crippen LogP contribution in [0.25, 0.3) is 0 Å². The molecule has 18 heavy (non-hydrogen) atoms. The van der Waals surface area contributed by atoms with Crippen LogP contribution in [0.4, 0.5) is 5.69 Å². The summed E-state index contributed by atoms with van der Waals surface area (Å²) in [5.74, 6) is 0.244. The lowest BCUT2D eigenvalue weighted by Gasteiger charge is -2.04. The van der Waals surface area contributed by atoms with Crippen molar-refractivity contribution < 1.29 is 4.79 Å². The van der Waals surface area contributed by atoms with Crippen LogP contribution in [0.2, 0.25) is 0 Å². The van der Waals surface area contributed by atoms with Crippen LogP contribution >= 0.6 is 27.7 Å². The van der Waals surface area contributed by atoms with E-state index in [-0.39, 0.29) is 5.91 Å². The van der Waals surface area contributed by atoms with Crippen LogP contribution in [0.1, 0.15) is 0 Å². The second-order valence-electron chi connectivity index (χ2n) is 3.57. The van der Waals surface area contributed by atoms with Crippen molar-refractivity contribution in [2.75, 3.05) is 11.1 Å². The third kappa shape index (κ3) is 3.58. The van der Waals surface area contributed by atoms with Crippen LogP contribution in [-0.2, 0) is 11.8 Å². The molecular formula is C11H11BrN4OS. The number of carbonyl (C=O) groups is 1. The van der Waals surface area contributed by atoms with E-state index in [9.17, 15) is 4.79 Å². The Balaban J connectivity index is 1.86. The topological polar surface area (TPSA) is 59.8 Å². The second kappa shape index (κ2) is 6.01. The molecule has 0 bridgehead atoms. The summed E-state index contributed by atoms with van der Waals surface area (Å²) in [6.45, 7) is 0. The van der Waals surface area contributed by atoms with Gasteiger partial charge in [-0.25, -0.2) is 0 Å². The Kier molecular flexibility index (Phi) is 4.38. The zero-order chi connectivity index (χ0) is 13.0. The van der Waals surface area contributed by atoms with Gasteiger partial charge in [0, 0.05) is 17.2 Å². The van der Waals surface area contributed by atoms with Gasteiger partial charge >= 0.3 is 0 Å². The van der Waals surface area contributed by atoms with Gasteiger partial charge in [0.1, 0.15) is 6.33 Å². The molecule has 0 aliphatic heterocycles. The van der Waals surface area contributed by atoms with Crippen molar-refractivity contribution in [2.24, 2.45) is 7.05 Å². The van der Waals surface area contributed by atoms with Crippen molar-refractivity contribution in [1.82, 2.24) is 14.8 Å². The van der Waals surface area contributed by atoms with E-state index in [1.807, 2.05) is 31.3 Å². The fourth-order valence-corrected chi connectivity index (χ4v) is 2.22. The Labute approximate surface area is 117 Å². The molecule has 0 atom stereocenters. The molecule has 1 aromatic carbocycles. The van der Waals surface area contributed by atoms with Crippen LogP contribution in [0.5, 0.6) is 0 Å². The lowest BCUT2D eigenvalue weighted by Crippen LogP contribution is -2.14. The van der Waals surface area contributed by atoms with Crippen LogP contribution < -0.4 is 5.32 Å². The zero-order valence-corrected chi connectivity index (χ0v) is 12.0. The van der Waals surface area contributed by atoms with Gasteiger partial charge in [0.25, 0.3) is 0 Å². The van der Waals surface area contributed by atoms with Crippen LogP contribution in [-0.4, -0.2) is 26.4 Å². The quantitative estimate of drug-likeness (QED) is 0.876. The predicted molar refractivity (Wildman–Crippen MR) is 74.5 cm³/mol. The molecule has 0 spiro atoms. The number of rotatable bonds is 4. The molecule has 1 amide bonds. The number of halogens is 1. The predicted octanol–water partition coefficient (Wildman–Crippen LogP) is 2.31. The summed E-state index contributed by atoms with van der Waals surface area (Å²) in [6, 6.07) is 7.45. The molecule has 0 aliphatic rings. The maximum absolute atomic E-state index is 11.7. The number of nitrogens with one attached hydrogen (secondary N) is 1. The summed E-state index contributed by atoms with van der Waals surface area (Å²) in [6.07, 6.45) is 1.61. The number of anilines is 1. The van der Waals surface area contributed by atoms with E-state index in [0.717, 1.165) is 15.3 Å². The van der Waals surface area contributed by atoms with Gasteiger partial charge in [-0.15, -0.1) is 10.2 Å². The maximum atomic E-state index is 11.7. The fourth-order valence-electron chi connectivity index (χ4n) is 1.26. The first-order chi connectivity index (χ1) is 8.65. The molecule has 0 radical (unpaired) electrons. The number of nitrogens with zero attached hydrogens (tertiary/aromatic N) is 3. The molecule has 7 heteroatoms. The highest BCUT2D eigenvalue weighted by Crippen LogP contribution is 2.16. The number of amides is 1. The molecule has 5 nitrogen and oxygen atoms in total. The van der Waals surface area contributed by atoms with Crippen molar-refractivity contribution in [2.45, 2.75) is 5.16 Å². The number of benzene rings is 1. The standard InChI is InChI=1S/C11H11BrN4OS/c1-16-7-13-15-11(16)18-6-10(17)14-9-4-2-8(12)3-5-9/h2-5,7H,6H2,1H3,(H,14,17). The van der Waals surface area contributed by atoms with E-state index in [0.29, 0.717) is 5.75 Å². The van der Waals surface area contributed by atoms with Gasteiger partial charge in [0.05, 0.1) is 5.75 Å². The van der Waals surface area contributed by atoms with Gasteiger partial charge in [0.15, 0.2) is 5.16 Å². The zero-order valence-electron chi connectivity index (χ0n) is 9.63. The SMILES string of the molecule is Cn1cnnc1SCC(=O)Nc1ccc(Br)cc1. The smallest absolute Gasteiger partial charge is 0.234 e. The number of hydrogen-bond donors (Lipinski definition) is 1. The second-order valence-corrected chi connectivity index (χ2v) is 5.43. The molecule has 2 aromatic rings. The van der Waals surface area contributed by atoms with E-state index in [2.05, 4.69) is 31.4 Å². The number of aryl methyl sites for hydroxylation is 1. The molecule has 0 saturated heterocycles. The Morgan fingerprint density at radius 1 is 1.44 bits per heavy atom. The van der Waals surface area contributed by atoms with Gasteiger partial charge in [-0.1, -0.05) is 27.7 Å². The lowest BCUT2D eigenvalue weighted by atomic mass is 10.3. The molecule has 1 aromatic heterocycles. The highest BCUT2D eigenvalue weighted by atomic mass is 79.9. The molecule has 0 fully saturated rings. The first-order valence-corrected chi connectivity index (χ1v) is 6.95. The summed E-state index contributed by atoms with van der Waals surface area (Å²) < 4.78 is 2.76. The van der Waals surface area contributed by atoms with Gasteiger partial charge in [-0.05, 0) is 24.3 Å². The lowest BCUT2D eigenvalue weighted by molar-refractivity contribution is -0.113. The Morgan fingerprint density at radius 3 is 2.78 bits per heavy atom. The van der Waals surface area contributed by atoms with Gasteiger partial charge in [-0.2, -0.15) is 0 Å². The van der Waals surface area contributed by atoms with E-state index in [1.165, 1.54) is 11.8 Å². The van der Waals surface area contributed by atoms with Crippen molar-refractivity contribution in [1.29, 1.82) is 0 Å². The first-order valence-electron chi connectivity index (χ1n) is 5.17. The molecule has 1 heterocycles. The first kappa shape index (κ1) is 13.1. The fraction of sp³-hybridized carbons (Fsp3) is 0.182. The van der Waals surface area contributed by atoms with E-state index in [4.69, 9.17) is 0 Å². The molecule has 2 rings (SSSR count). The summed E-state index contributed by atoms with van der Waals surface area (Å²) >= 11 is 4.69. The molecule has 0 saturated carbocycles. The molecule has 94 valence electrons. The number of thioether (sulfide) groups is 1. The minimum atomic E-state index is -0.0645. The third-order valence-electron chi connectivity index (χ3n) is 2.13. The Bertz CT molecular complexity index is 540. The molecule has 1 N–H and O–H groups in total.